The van der Waals surface area contributed by atoms with Crippen molar-refractivity contribution in [3.8, 4) is 0 Å². The molecule has 1 fully saturated rings. The highest BCUT2D eigenvalue weighted by atomic mass is 32.2. The fourth-order valence-electron chi connectivity index (χ4n) is 0.996. The van der Waals surface area contributed by atoms with Crippen molar-refractivity contribution >= 4 is 17.7 Å². The zero-order chi connectivity index (χ0) is 8.10. The van der Waals surface area contributed by atoms with E-state index in [2.05, 4.69) is 0 Å². The summed E-state index contributed by atoms with van der Waals surface area (Å²) in [6.45, 7) is 3.19. The molecule has 0 amide bonds. The number of hydrogen-bond acceptors (Lipinski definition) is 4. The van der Waals surface area contributed by atoms with Crippen LogP contribution in [0.2, 0.25) is 0 Å². The molecule has 1 heterocycles. The minimum atomic E-state index is -0.211. The molecule has 11 heavy (non-hydrogen) atoms. The van der Waals surface area contributed by atoms with Gasteiger partial charge < -0.3 is 4.84 Å². The highest BCUT2D eigenvalue weighted by Crippen LogP contribution is 2.09. The van der Waals surface area contributed by atoms with Crippen molar-refractivity contribution in [3.63, 3.8) is 0 Å². The van der Waals surface area contributed by atoms with Gasteiger partial charge in [0.2, 0.25) is 0 Å². The van der Waals surface area contributed by atoms with Crippen molar-refractivity contribution in [1.29, 1.82) is 0 Å². The first-order chi connectivity index (χ1) is 5.29. The second kappa shape index (κ2) is 4.62. The number of carbonyl (C=O) groups is 1. The molecule has 3 nitrogen and oxygen atoms in total. The van der Waals surface area contributed by atoms with Crippen LogP contribution < -0.4 is 0 Å². The number of thioether (sulfide) groups is 1. The van der Waals surface area contributed by atoms with Crippen molar-refractivity contribution in [2.24, 2.45) is 0 Å². The molecule has 0 unspecified atom stereocenters. The standard InChI is InChI=1S/C7H13NO2S/c1-7(9)10-8-3-2-5-11-6-4-8/h2-6H2,1H3. The first-order valence-electron chi connectivity index (χ1n) is 3.80. The summed E-state index contributed by atoms with van der Waals surface area (Å²) in [6.07, 6.45) is 1.11. The Morgan fingerprint density at radius 1 is 1.45 bits per heavy atom. The molecule has 0 spiro atoms. The minimum absolute atomic E-state index is 0.211. The first kappa shape index (κ1) is 8.87. The molecule has 1 aliphatic heterocycles. The van der Waals surface area contributed by atoms with Gasteiger partial charge in [-0.3, -0.25) is 4.79 Å². The largest absolute Gasteiger partial charge is 0.368 e. The SMILES string of the molecule is CC(=O)ON1CCCSCC1. The molecule has 0 bridgehead atoms. The average molecular weight is 175 g/mol. The van der Waals surface area contributed by atoms with Crippen LogP contribution >= 0.6 is 11.8 Å². The lowest BCUT2D eigenvalue weighted by Gasteiger charge is -2.16. The van der Waals surface area contributed by atoms with Crippen molar-refractivity contribution in [1.82, 2.24) is 5.06 Å². The summed E-state index contributed by atoms with van der Waals surface area (Å²) in [6, 6.07) is 0. The van der Waals surface area contributed by atoms with E-state index in [4.69, 9.17) is 4.84 Å². The van der Waals surface area contributed by atoms with Crippen LogP contribution in [0.15, 0.2) is 0 Å². The lowest BCUT2D eigenvalue weighted by atomic mass is 10.5. The van der Waals surface area contributed by atoms with E-state index in [0.29, 0.717) is 0 Å². The molecule has 0 aromatic rings. The van der Waals surface area contributed by atoms with Gasteiger partial charge in [-0.25, -0.2) is 0 Å². The summed E-state index contributed by atoms with van der Waals surface area (Å²) < 4.78 is 0. The topological polar surface area (TPSA) is 29.5 Å². The van der Waals surface area contributed by atoms with Crippen molar-refractivity contribution in [3.05, 3.63) is 0 Å². The van der Waals surface area contributed by atoms with Crippen LogP contribution in [0.1, 0.15) is 13.3 Å². The van der Waals surface area contributed by atoms with E-state index in [0.717, 1.165) is 25.3 Å². The maximum Gasteiger partial charge on any atom is 0.322 e. The third kappa shape index (κ3) is 3.62. The fraction of sp³-hybridized carbons (Fsp3) is 0.857. The van der Waals surface area contributed by atoms with Crippen LogP contribution in [0, 0.1) is 0 Å². The third-order valence-electron chi connectivity index (χ3n) is 1.44. The van der Waals surface area contributed by atoms with Crippen LogP contribution in [0.4, 0.5) is 0 Å². The molecule has 0 atom stereocenters. The second-order valence-electron chi connectivity index (χ2n) is 2.48. The Balaban J connectivity index is 2.25. The van der Waals surface area contributed by atoms with Gasteiger partial charge >= 0.3 is 5.97 Å². The van der Waals surface area contributed by atoms with E-state index in [9.17, 15) is 4.79 Å². The fourth-order valence-corrected chi connectivity index (χ4v) is 1.87. The van der Waals surface area contributed by atoms with Crippen LogP contribution in [0.25, 0.3) is 0 Å². The van der Waals surface area contributed by atoms with Gasteiger partial charge in [-0.1, -0.05) is 0 Å². The molecule has 0 radical (unpaired) electrons. The zero-order valence-corrected chi connectivity index (χ0v) is 7.52. The van der Waals surface area contributed by atoms with E-state index in [1.54, 1.807) is 5.06 Å². The highest BCUT2D eigenvalue weighted by molar-refractivity contribution is 7.99. The molecule has 0 aliphatic carbocycles. The Morgan fingerprint density at radius 3 is 3.00 bits per heavy atom. The summed E-state index contributed by atoms with van der Waals surface area (Å²) in [5.74, 6) is 2.03. The van der Waals surface area contributed by atoms with E-state index >= 15 is 0 Å². The zero-order valence-electron chi connectivity index (χ0n) is 6.71. The van der Waals surface area contributed by atoms with Gasteiger partial charge in [-0.15, -0.1) is 5.06 Å². The van der Waals surface area contributed by atoms with Gasteiger partial charge in [0.05, 0.1) is 0 Å². The van der Waals surface area contributed by atoms with Crippen LogP contribution in [0.3, 0.4) is 0 Å². The lowest BCUT2D eigenvalue weighted by molar-refractivity contribution is -0.186. The molecule has 1 aliphatic rings. The predicted octanol–water partition coefficient (Wildman–Crippen LogP) is 0.903. The summed E-state index contributed by atoms with van der Waals surface area (Å²) in [5, 5.41) is 1.75. The maximum atomic E-state index is 10.6. The van der Waals surface area contributed by atoms with Gasteiger partial charge in [0.1, 0.15) is 0 Å². The normalized spacial score (nSPS) is 20.8. The third-order valence-corrected chi connectivity index (χ3v) is 2.49. The predicted molar refractivity (Wildman–Crippen MR) is 45.3 cm³/mol. The van der Waals surface area contributed by atoms with Crippen LogP contribution in [-0.4, -0.2) is 35.6 Å². The molecular formula is C7H13NO2S. The Bertz CT molecular complexity index is 132. The lowest BCUT2D eigenvalue weighted by Crippen LogP contribution is -2.28. The number of nitrogens with zero attached hydrogens (tertiary/aromatic N) is 1. The van der Waals surface area contributed by atoms with Crippen molar-refractivity contribution < 1.29 is 9.63 Å². The number of carbonyl (C=O) groups excluding carboxylic acids is 1. The summed E-state index contributed by atoms with van der Waals surface area (Å²) >= 11 is 1.91. The molecule has 1 rings (SSSR count). The highest BCUT2D eigenvalue weighted by Gasteiger charge is 2.10. The smallest absolute Gasteiger partial charge is 0.322 e. The number of rotatable bonds is 1. The van der Waals surface area contributed by atoms with E-state index in [1.165, 1.54) is 12.7 Å². The Hall–Kier alpha value is -0.220. The van der Waals surface area contributed by atoms with Gasteiger partial charge in [-0.05, 0) is 12.2 Å². The summed E-state index contributed by atoms with van der Waals surface area (Å²) in [7, 11) is 0. The monoisotopic (exact) mass is 175 g/mol. The van der Waals surface area contributed by atoms with Gasteiger partial charge in [-0.2, -0.15) is 11.8 Å². The number of hydroxylamine groups is 2. The van der Waals surface area contributed by atoms with Crippen molar-refractivity contribution in [2.45, 2.75) is 13.3 Å². The molecule has 0 saturated carbocycles. The van der Waals surface area contributed by atoms with E-state index in [-0.39, 0.29) is 5.97 Å². The molecule has 1 saturated heterocycles. The Kier molecular flexibility index (Phi) is 3.72. The van der Waals surface area contributed by atoms with Crippen LogP contribution in [0.5, 0.6) is 0 Å². The molecular weight excluding hydrogens is 162 g/mol. The van der Waals surface area contributed by atoms with Crippen molar-refractivity contribution in [2.75, 3.05) is 24.6 Å². The molecule has 4 heteroatoms. The molecule has 0 N–H and O–H groups in total. The van der Waals surface area contributed by atoms with E-state index in [1.807, 2.05) is 11.8 Å². The quantitative estimate of drug-likeness (QED) is 0.592. The molecule has 0 aromatic carbocycles. The van der Waals surface area contributed by atoms with Crippen LogP contribution in [-0.2, 0) is 9.63 Å². The maximum absolute atomic E-state index is 10.6. The number of hydrogen-bond donors (Lipinski definition) is 0. The second-order valence-corrected chi connectivity index (χ2v) is 3.70. The molecule has 64 valence electrons. The van der Waals surface area contributed by atoms with Gasteiger partial charge in [0, 0.05) is 25.8 Å². The molecule has 0 aromatic heterocycles. The Morgan fingerprint density at radius 2 is 2.27 bits per heavy atom. The average Bonchev–Trinajstić information content (AvgIpc) is 2.14. The van der Waals surface area contributed by atoms with Gasteiger partial charge in [0.25, 0.3) is 0 Å². The first-order valence-corrected chi connectivity index (χ1v) is 4.96. The summed E-state index contributed by atoms with van der Waals surface area (Å²) in [5.41, 5.74) is 0. The summed E-state index contributed by atoms with van der Waals surface area (Å²) in [4.78, 5) is 15.5. The minimum Gasteiger partial charge on any atom is -0.368 e. The van der Waals surface area contributed by atoms with E-state index < -0.39 is 0 Å². The van der Waals surface area contributed by atoms with Gasteiger partial charge in [0.15, 0.2) is 0 Å². The Labute approximate surface area is 71.0 Å².